The molecule has 0 unspecified atom stereocenters. The summed E-state index contributed by atoms with van der Waals surface area (Å²) < 4.78 is 2.92. The fraction of sp³-hybridized carbons (Fsp3) is 0.600. The lowest BCUT2D eigenvalue weighted by Gasteiger charge is -1.93. The van der Waals surface area contributed by atoms with Crippen molar-refractivity contribution < 1.29 is 0 Å². The van der Waals surface area contributed by atoms with Gasteiger partial charge in [0.15, 0.2) is 0 Å². The molecule has 0 saturated carbocycles. The van der Waals surface area contributed by atoms with Crippen LogP contribution >= 0.6 is 22.6 Å². The third-order valence-corrected chi connectivity index (χ3v) is 1.98. The molecule has 4 heteroatoms. The molecule has 1 aromatic heterocycles. The van der Waals surface area contributed by atoms with E-state index in [1.807, 2.05) is 18.5 Å². The van der Waals surface area contributed by atoms with E-state index in [4.69, 9.17) is 0 Å². The van der Waals surface area contributed by atoms with Gasteiger partial charge in [-0.15, -0.1) is 10.2 Å². The quantitative estimate of drug-likeness (QED) is 0.540. The Morgan fingerprint density at radius 1 is 1.56 bits per heavy atom. The van der Waals surface area contributed by atoms with E-state index in [-0.39, 0.29) is 0 Å². The molecule has 0 amide bonds. The van der Waals surface area contributed by atoms with Gasteiger partial charge in [-0.25, -0.2) is 0 Å². The molecule has 0 atom stereocenters. The van der Waals surface area contributed by atoms with Gasteiger partial charge < -0.3 is 4.57 Å². The van der Waals surface area contributed by atoms with Crippen molar-refractivity contribution in [2.45, 2.75) is 11.4 Å². The van der Waals surface area contributed by atoms with Crippen LogP contribution in [0.2, 0.25) is 0 Å². The topological polar surface area (TPSA) is 30.7 Å². The number of rotatable bonds is 1. The van der Waals surface area contributed by atoms with Gasteiger partial charge in [-0.2, -0.15) is 0 Å². The monoisotopic (exact) mass is 237 g/mol. The van der Waals surface area contributed by atoms with E-state index in [0.717, 1.165) is 16.1 Å². The van der Waals surface area contributed by atoms with Gasteiger partial charge in [-0.1, -0.05) is 22.6 Å². The molecular formula is C5H8IN3. The standard InChI is InChI=1S/C5H8IN3/c1-4-7-8-5(3-6)9(4)2/h3H2,1-2H3. The molecule has 0 fully saturated rings. The Labute approximate surface area is 67.6 Å². The SMILES string of the molecule is Cc1nnc(CI)n1C. The zero-order valence-electron chi connectivity index (χ0n) is 5.43. The Bertz CT molecular complexity index is 206. The van der Waals surface area contributed by atoms with Crippen molar-refractivity contribution in [1.29, 1.82) is 0 Å². The van der Waals surface area contributed by atoms with Gasteiger partial charge >= 0.3 is 0 Å². The number of halogens is 1. The van der Waals surface area contributed by atoms with Crippen LogP contribution in [0.4, 0.5) is 0 Å². The second-order valence-electron chi connectivity index (χ2n) is 1.86. The lowest BCUT2D eigenvalue weighted by atomic mass is 10.6. The zero-order valence-corrected chi connectivity index (χ0v) is 7.58. The second-order valence-corrected chi connectivity index (χ2v) is 2.62. The van der Waals surface area contributed by atoms with E-state index >= 15 is 0 Å². The molecule has 0 aliphatic carbocycles. The van der Waals surface area contributed by atoms with Crippen molar-refractivity contribution in [3.63, 3.8) is 0 Å². The van der Waals surface area contributed by atoms with Gasteiger partial charge in [-0.05, 0) is 6.92 Å². The van der Waals surface area contributed by atoms with Crippen molar-refractivity contribution in [1.82, 2.24) is 14.8 Å². The molecule has 0 N–H and O–H groups in total. The second kappa shape index (κ2) is 2.64. The molecule has 0 aliphatic rings. The predicted molar refractivity (Wildman–Crippen MR) is 43.5 cm³/mol. The highest BCUT2D eigenvalue weighted by Crippen LogP contribution is 2.01. The predicted octanol–water partition coefficient (Wildman–Crippen LogP) is 1.06. The van der Waals surface area contributed by atoms with Crippen molar-refractivity contribution in [2.75, 3.05) is 0 Å². The maximum atomic E-state index is 3.94. The van der Waals surface area contributed by atoms with Crippen LogP contribution in [0.5, 0.6) is 0 Å². The summed E-state index contributed by atoms with van der Waals surface area (Å²) in [6.07, 6.45) is 0. The highest BCUT2D eigenvalue weighted by Gasteiger charge is 2.00. The van der Waals surface area contributed by atoms with Crippen LogP contribution in [0.15, 0.2) is 0 Å². The zero-order chi connectivity index (χ0) is 6.85. The van der Waals surface area contributed by atoms with Crippen LogP contribution in [-0.2, 0) is 11.5 Å². The van der Waals surface area contributed by atoms with E-state index in [0.29, 0.717) is 0 Å². The van der Waals surface area contributed by atoms with Crippen LogP contribution in [0.1, 0.15) is 11.6 Å². The summed E-state index contributed by atoms with van der Waals surface area (Å²) in [6.45, 7) is 1.95. The van der Waals surface area contributed by atoms with Crippen molar-refractivity contribution >= 4 is 22.6 Å². The smallest absolute Gasteiger partial charge is 0.142 e. The Balaban J connectivity index is 3.04. The fourth-order valence-corrected chi connectivity index (χ4v) is 1.23. The number of aryl methyl sites for hydroxylation is 1. The molecule has 0 bridgehead atoms. The van der Waals surface area contributed by atoms with Crippen molar-refractivity contribution in [3.05, 3.63) is 11.6 Å². The minimum Gasteiger partial charge on any atom is -0.318 e. The van der Waals surface area contributed by atoms with E-state index < -0.39 is 0 Å². The first kappa shape index (κ1) is 6.98. The van der Waals surface area contributed by atoms with Crippen LogP contribution in [-0.4, -0.2) is 14.8 Å². The summed E-state index contributed by atoms with van der Waals surface area (Å²) in [6, 6.07) is 0. The average Bonchev–Trinajstić information content (AvgIpc) is 2.15. The molecule has 0 radical (unpaired) electrons. The summed E-state index contributed by atoms with van der Waals surface area (Å²) in [4.78, 5) is 0. The summed E-state index contributed by atoms with van der Waals surface area (Å²) in [5, 5.41) is 7.83. The van der Waals surface area contributed by atoms with Crippen molar-refractivity contribution in [2.24, 2.45) is 7.05 Å². The summed E-state index contributed by atoms with van der Waals surface area (Å²) in [5.41, 5.74) is 0. The third-order valence-electron chi connectivity index (χ3n) is 1.30. The first-order valence-corrected chi connectivity index (χ1v) is 4.19. The van der Waals surface area contributed by atoms with Crippen LogP contribution < -0.4 is 0 Å². The number of nitrogens with zero attached hydrogens (tertiary/aromatic N) is 3. The number of alkyl halides is 1. The fourth-order valence-electron chi connectivity index (χ4n) is 0.567. The van der Waals surface area contributed by atoms with E-state index in [1.165, 1.54) is 0 Å². The largest absolute Gasteiger partial charge is 0.318 e. The molecule has 0 spiro atoms. The third kappa shape index (κ3) is 1.23. The lowest BCUT2D eigenvalue weighted by molar-refractivity contribution is 0.821. The minimum absolute atomic E-state index is 0.926. The summed E-state index contributed by atoms with van der Waals surface area (Å²) in [5.74, 6) is 2.01. The van der Waals surface area contributed by atoms with Gasteiger partial charge in [0.25, 0.3) is 0 Å². The van der Waals surface area contributed by atoms with Crippen LogP contribution in [0.3, 0.4) is 0 Å². The maximum Gasteiger partial charge on any atom is 0.142 e. The number of hydrogen-bond donors (Lipinski definition) is 0. The van der Waals surface area contributed by atoms with Gasteiger partial charge in [0.05, 0.1) is 4.43 Å². The van der Waals surface area contributed by atoms with Gasteiger partial charge in [-0.3, -0.25) is 0 Å². The molecule has 1 heterocycles. The molecule has 50 valence electrons. The van der Waals surface area contributed by atoms with Crippen molar-refractivity contribution in [3.8, 4) is 0 Å². The van der Waals surface area contributed by atoms with Crippen LogP contribution in [0, 0.1) is 6.92 Å². The Morgan fingerprint density at radius 2 is 2.22 bits per heavy atom. The summed E-state index contributed by atoms with van der Waals surface area (Å²) >= 11 is 2.27. The first-order chi connectivity index (χ1) is 4.25. The highest BCUT2D eigenvalue weighted by atomic mass is 127. The number of hydrogen-bond acceptors (Lipinski definition) is 2. The molecule has 1 rings (SSSR count). The molecule has 1 aromatic rings. The Kier molecular flexibility index (Phi) is 2.05. The normalized spacial score (nSPS) is 10.1. The molecule has 3 nitrogen and oxygen atoms in total. The lowest BCUT2D eigenvalue weighted by Crippen LogP contribution is -1.95. The van der Waals surface area contributed by atoms with E-state index in [9.17, 15) is 0 Å². The Morgan fingerprint density at radius 3 is 2.44 bits per heavy atom. The van der Waals surface area contributed by atoms with E-state index in [2.05, 4.69) is 32.8 Å². The molecule has 9 heavy (non-hydrogen) atoms. The highest BCUT2D eigenvalue weighted by molar-refractivity contribution is 14.1. The number of aromatic nitrogens is 3. The molecular weight excluding hydrogens is 229 g/mol. The first-order valence-electron chi connectivity index (χ1n) is 2.66. The molecule has 0 aliphatic heterocycles. The minimum atomic E-state index is 0.926. The average molecular weight is 237 g/mol. The van der Waals surface area contributed by atoms with Crippen LogP contribution in [0.25, 0.3) is 0 Å². The van der Waals surface area contributed by atoms with Gasteiger partial charge in [0, 0.05) is 7.05 Å². The molecule has 0 aromatic carbocycles. The van der Waals surface area contributed by atoms with Gasteiger partial charge in [0.2, 0.25) is 0 Å². The maximum absolute atomic E-state index is 3.94. The van der Waals surface area contributed by atoms with Gasteiger partial charge in [0.1, 0.15) is 11.6 Å². The summed E-state index contributed by atoms with van der Waals surface area (Å²) in [7, 11) is 1.98. The van der Waals surface area contributed by atoms with E-state index in [1.54, 1.807) is 0 Å². The molecule has 0 saturated heterocycles. The Hall–Kier alpha value is -0.130.